The molecule has 0 radical (unpaired) electrons. The van der Waals surface area contributed by atoms with Gasteiger partial charge in [-0.25, -0.2) is 4.98 Å². The van der Waals surface area contributed by atoms with Crippen molar-refractivity contribution in [2.45, 2.75) is 18.8 Å². The van der Waals surface area contributed by atoms with Gasteiger partial charge in [-0.2, -0.15) is 0 Å². The van der Waals surface area contributed by atoms with E-state index in [2.05, 4.69) is 50.2 Å². The summed E-state index contributed by atoms with van der Waals surface area (Å²) in [6, 6.07) is 22.3. The van der Waals surface area contributed by atoms with E-state index < -0.39 is 0 Å². The number of amides is 1. The summed E-state index contributed by atoms with van der Waals surface area (Å²) >= 11 is 1.57. The van der Waals surface area contributed by atoms with Crippen LogP contribution in [0.5, 0.6) is 0 Å². The summed E-state index contributed by atoms with van der Waals surface area (Å²) in [5.74, 6) is 1.22. The molecule has 6 heteroatoms. The van der Waals surface area contributed by atoms with Crippen molar-refractivity contribution in [2.75, 3.05) is 5.75 Å². The van der Waals surface area contributed by atoms with Gasteiger partial charge in [0.05, 0.1) is 28.8 Å². The van der Waals surface area contributed by atoms with E-state index in [-0.39, 0.29) is 5.91 Å². The Kier molecular flexibility index (Phi) is 6.22. The number of fused-ring (bicyclic) bond motifs is 1. The number of thioether (sulfide) groups is 1. The smallest absolute Gasteiger partial charge is 0.230 e. The second-order valence-electron chi connectivity index (χ2n) is 6.77. The zero-order valence-electron chi connectivity index (χ0n) is 16.0. The normalized spacial score (nSPS) is 10.9. The molecule has 0 atom stereocenters. The van der Waals surface area contributed by atoms with Crippen LogP contribution in [0.2, 0.25) is 0 Å². The van der Waals surface area contributed by atoms with E-state index in [0.29, 0.717) is 12.3 Å². The van der Waals surface area contributed by atoms with Crippen LogP contribution in [0.3, 0.4) is 0 Å². The molecule has 0 saturated heterocycles. The number of para-hydroxylation sites is 2. The van der Waals surface area contributed by atoms with E-state index >= 15 is 0 Å². The van der Waals surface area contributed by atoms with Crippen LogP contribution in [0.25, 0.3) is 11.0 Å². The number of imidazole rings is 1. The molecule has 0 fully saturated rings. The summed E-state index contributed by atoms with van der Waals surface area (Å²) in [5, 5.41) is 2.98. The van der Waals surface area contributed by atoms with Crippen LogP contribution in [-0.4, -0.2) is 26.2 Å². The minimum Gasteiger partial charge on any atom is -0.351 e. The van der Waals surface area contributed by atoms with E-state index in [1.165, 1.54) is 5.56 Å². The molecule has 0 aliphatic heterocycles. The largest absolute Gasteiger partial charge is 0.351 e. The highest BCUT2D eigenvalue weighted by atomic mass is 32.2. The Bertz CT molecular complexity index is 1080. The van der Waals surface area contributed by atoms with E-state index in [4.69, 9.17) is 0 Å². The lowest BCUT2D eigenvalue weighted by atomic mass is 10.1. The van der Waals surface area contributed by atoms with Gasteiger partial charge >= 0.3 is 0 Å². The fourth-order valence-corrected chi connectivity index (χ4v) is 3.85. The Morgan fingerprint density at radius 2 is 1.72 bits per heavy atom. The van der Waals surface area contributed by atoms with Gasteiger partial charge in [-0.15, -0.1) is 11.8 Å². The standard InChI is InChI=1S/C23H22N4OS/c28-23(16-29-15-20-5-3-4-12-24-20)25-13-18-8-10-19(11-9-18)14-27-17-26-21-6-1-2-7-22(21)27/h1-12,17H,13-16H2,(H,25,28). The van der Waals surface area contributed by atoms with Gasteiger partial charge < -0.3 is 9.88 Å². The Morgan fingerprint density at radius 1 is 0.931 bits per heavy atom. The number of hydrogen-bond acceptors (Lipinski definition) is 4. The van der Waals surface area contributed by atoms with Gasteiger partial charge in [0.25, 0.3) is 0 Å². The molecule has 1 N–H and O–H groups in total. The van der Waals surface area contributed by atoms with Crippen molar-refractivity contribution in [1.82, 2.24) is 19.9 Å². The average molecular weight is 403 g/mol. The van der Waals surface area contributed by atoms with Gasteiger partial charge in [-0.3, -0.25) is 9.78 Å². The second kappa shape index (κ2) is 9.39. The number of carbonyl (C=O) groups excluding carboxylic acids is 1. The Morgan fingerprint density at radius 3 is 2.55 bits per heavy atom. The number of hydrogen-bond donors (Lipinski definition) is 1. The molecule has 146 valence electrons. The molecular weight excluding hydrogens is 380 g/mol. The molecule has 0 spiro atoms. The van der Waals surface area contributed by atoms with E-state index in [1.807, 2.05) is 42.7 Å². The molecule has 2 heterocycles. The van der Waals surface area contributed by atoms with Crippen LogP contribution >= 0.6 is 11.8 Å². The third-order valence-electron chi connectivity index (χ3n) is 4.60. The molecule has 0 unspecified atom stereocenters. The summed E-state index contributed by atoms with van der Waals surface area (Å²) in [6.07, 6.45) is 3.65. The molecule has 2 aromatic carbocycles. The van der Waals surface area contributed by atoms with Crippen molar-refractivity contribution >= 4 is 28.7 Å². The summed E-state index contributed by atoms with van der Waals surface area (Å²) < 4.78 is 2.14. The number of carbonyl (C=O) groups is 1. The minimum absolute atomic E-state index is 0.0416. The SMILES string of the molecule is O=C(CSCc1ccccn1)NCc1ccc(Cn2cnc3ccccc32)cc1. The maximum Gasteiger partial charge on any atom is 0.230 e. The van der Waals surface area contributed by atoms with Crippen molar-refractivity contribution in [3.63, 3.8) is 0 Å². The Labute approximate surface area is 174 Å². The van der Waals surface area contributed by atoms with Crippen molar-refractivity contribution in [1.29, 1.82) is 0 Å². The Balaban J connectivity index is 1.24. The van der Waals surface area contributed by atoms with Crippen LogP contribution in [0.4, 0.5) is 0 Å². The van der Waals surface area contributed by atoms with Crippen molar-refractivity contribution in [2.24, 2.45) is 0 Å². The molecule has 4 rings (SSSR count). The van der Waals surface area contributed by atoms with Crippen molar-refractivity contribution < 1.29 is 4.79 Å². The van der Waals surface area contributed by atoms with Gasteiger partial charge in [0.2, 0.25) is 5.91 Å². The average Bonchev–Trinajstić information content (AvgIpc) is 3.17. The summed E-state index contributed by atoms with van der Waals surface area (Å²) in [5.41, 5.74) is 5.42. The van der Waals surface area contributed by atoms with Gasteiger partial charge in [0.1, 0.15) is 0 Å². The molecule has 0 bridgehead atoms. The Hall–Kier alpha value is -3.12. The fourth-order valence-electron chi connectivity index (χ4n) is 3.08. The lowest BCUT2D eigenvalue weighted by Crippen LogP contribution is -2.24. The molecule has 4 aromatic rings. The molecular formula is C23H22N4OS. The lowest BCUT2D eigenvalue weighted by molar-refractivity contribution is -0.118. The quantitative estimate of drug-likeness (QED) is 0.483. The number of aromatic nitrogens is 3. The fraction of sp³-hybridized carbons (Fsp3) is 0.174. The zero-order valence-corrected chi connectivity index (χ0v) is 16.8. The highest BCUT2D eigenvalue weighted by Crippen LogP contribution is 2.15. The van der Waals surface area contributed by atoms with E-state index in [9.17, 15) is 4.79 Å². The van der Waals surface area contributed by atoms with Crippen molar-refractivity contribution in [3.05, 3.63) is 96.1 Å². The van der Waals surface area contributed by atoms with Gasteiger partial charge in [-0.05, 0) is 35.4 Å². The molecule has 0 aliphatic carbocycles. The third kappa shape index (κ3) is 5.23. The predicted molar refractivity (Wildman–Crippen MR) is 118 cm³/mol. The molecule has 5 nitrogen and oxygen atoms in total. The van der Waals surface area contributed by atoms with Gasteiger partial charge in [0.15, 0.2) is 0 Å². The highest BCUT2D eigenvalue weighted by molar-refractivity contribution is 7.99. The summed E-state index contributed by atoms with van der Waals surface area (Å²) in [4.78, 5) is 20.7. The van der Waals surface area contributed by atoms with E-state index in [1.54, 1.807) is 18.0 Å². The van der Waals surface area contributed by atoms with Gasteiger partial charge in [-0.1, -0.05) is 42.5 Å². The summed E-state index contributed by atoms with van der Waals surface area (Å²) in [6.45, 7) is 1.31. The number of pyridine rings is 1. The number of benzene rings is 2. The zero-order chi connectivity index (χ0) is 19.9. The van der Waals surface area contributed by atoms with Gasteiger partial charge in [0, 0.05) is 25.0 Å². The first-order valence-corrected chi connectivity index (χ1v) is 10.7. The molecule has 2 aromatic heterocycles. The van der Waals surface area contributed by atoms with E-state index in [0.717, 1.165) is 34.6 Å². The lowest BCUT2D eigenvalue weighted by Gasteiger charge is -2.08. The van der Waals surface area contributed by atoms with Crippen LogP contribution < -0.4 is 5.32 Å². The monoisotopic (exact) mass is 402 g/mol. The van der Waals surface area contributed by atoms with Crippen LogP contribution in [0.15, 0.2) is 79.3 Å². The number of nitrogens with one attached hydrogen (secondary N) is 1. The molecule has 0 saturated carbocycles. The predicted octanol–water partition coefficient (Wildman–Crippen LogP) is 4.03. The first-order chi connectivity index (χ1) is 14.3. The summed E-state index contributed by atoms with van der Waals surface area (Å²) in [7, 11) is 0. The topological polar surface area (TPSA) is 59.8 Å². The number of rotatable bonds is 8. The first kappa shape index (κ1) is 19.2. The van der Waals surface area contributed by atoms with Crippen LogP contribution in [0, 0.1) is 0 Å². The molecule has 0 aliphatic rings. The highest BCUT2D eigenvalue weighted by Gasteiger charge is 2.05. The molecule has 1 amide bonds. The molecule has 29 heavy (non-hydrogen) atoms. The van der Waals surface area contributed by atoms with Crippen LogP contribution in [0.1, 0.15) is 16.8 Å². The maximum absolute atomic E-state index is 12.0. The third-order valence-corrected chi connectivity index (χ3v) is 5.57. The minimum atomic E-state index is 0.0416. The van der Waals surface area contributed by atoms with Crippen molar-refractivity contribution in [3.8, 4) is 0 Å². The second-order valence-corrected chi connectivity index (χ2v) is 7.75. The first-order valence-electron chi connectivity index (χ1n) is 9.50. The van der Waals surface area contributed by atoms with Crippen LogP contribution in [-0.2, 0) is 23.6 Å². The maximum atomic E-state index is 12.0. The number of nitrogens with zero attached hydrogens (tertiary/aromatic N) is 3.